The number of anilines is 1. The number of nitrogens with zero attached hydrogens (tertiary/aromatic N) is 1. The Kier molecular flexibility index (Phi) is 6.80. The van der Waals surface area contributed by atoms with Gasteiger partial charge < -0.3 is 10.2 Å². The summed E-state index contributed by atoms with van der Waals surface area (Å²) in [5, 5.41) is 5.83. The van der Waals surface area contributed by atoms with Gasteiger partial charge in [0.25, 0.3) is 11.8 Å². The van der Waals surface area contributed by atoms with Crippen LogP contribution >= 0.6 is 28.1 Å². The highest BCUT2D eigenvalue weighted by molar-refractivity contribution is 9.10. The van der Waals surface area contributed by atoms with E-state index in [-0.39, 0.29) is 16.9 Å². The third-order valence-corrected chi connectivity index (χ3v) is 5.70. The average molecular weight is 460 g/mol. The summed E-state index contributed by atoms with van der Waals surface area (Å²) >= 11 is 8.57. The Hall–Kier alpha value is -2.25. The van der Waals surface area contributed by atoms with Crippen LogP contribution in [0.5, 0.6) is 0 Å². The first-order chi connectivity index (χ1) is 13.4. The highest BCUT2D eigenvalue weighted by Crippen LogP contribution is 2.19. The maximum absolute atomic E-state index is 12.6. The number of halogens is 1. The summed E-state index contributed by atoms with van der Waals surface area (Å²) in [6.07, 6.45) is 2.10. The van der Waals surface area contributed by atoms with Crippen molar-refractivity contribution < 1.29 is 9.59 Å². The molecule has 0 bridgehead atoms. The molecule has 2 aromatic rings. The summed E-state index contributed by atoms with van der Waals surface area (Å²) in [4.78, 5) is 26.8. The fraction of sp³-hybridized carbons (Fsp3) is 0.286. The third-order valence-electron chi connectivity index (χ3n) is 4.81. The second kappa shape index (κ2) is 9.30. The first-order valence-electron chi connectivity index (χ1n) is 9.20. The number of hydrogen-bond acceptors (Lipinski definition) is 3. The molecule has 0 saturated carbocycles. The van der Waals surface area contributed by atoms with E-state index in [4.69, 9.17) is 12.2 Å². The van der Waals surface area contributed by atoms with Gasteiger partial charge in [0, 0.05) is 28.8 Å². The number of carbonyl (C=O) groups is 2. The van der Waals surface area contributed by atoms with Gasteiger partial charge in [-0.25, -0.2) is 0 Å². The maximum atomic E-state index is 12.6. The van der Waals surface area contributed by atoms with Crippen LogP contribution in [0.25, 0.3) is 0 Å². The van der Waals surface area contributed by atoms with Crippen LogP contribution in [-0.2, 0) is 0 Å². The summed E-state index contributed by atoms with van der Waals surface area (Å²) in [5.41, 5.74) is 1.87. The fourth-order valence-corrected chi connectivity index (χ4v) is 3.74. The van der Waals surface area contributed by atoms with Crippen LogP contribution in [0.3, 0.4) is 0 Å². The molecule has 0 unspecified atom stereocenters. The van der Waals surface area contributed by atoms with Crippen LogP contribution in [0.4, 0.5) is 5.69 Å². The standard InChI is InChI=1S/C21H22BrN3O2S/c1-14-10-12-25(13-11-14)20(27)15-6-8-16(9-7-15)23-21(28)24-19(26)17-4-2-3-5-18(17)22/h2-9,14H,10-13H2,1H3,(H2,23,24,26,28). The molecule has 1 aliphatic heterocycles. The summed E-state index contributed by atoms with van der Waals surface area (Å²) in [7, 11) is 0. The first-order valence-corrected chi connectivity index (χ1v) is 10.4. The van der Waals surface area contributed by atoms with Crippen molar-refractivity contribution in [3.05, 3.63) is 64.1 Å². The number of nitrogens with one attached hydrogen (secondary N) is 2. The van der Waals surface area contributed by atoms with Crippen molar-refractivity contribution in [2.75, 3.05) is 18.4 Å². The molecule has 146 valence electrons. The molecule has 1 saturated heterocycles. The van der Waals surface area contributed by atoms with E-state index in [1.54, 1.807) is 42.5 Å². The molecule has 7 heteroatoms. The Morgan fingerprint density at radius 2 is 1.71 bits per heavy atom. The Balaban J connectivity index is 1.56. The van der Waals surface area contributed by atoms with Gasteiger partial charge in [0.2, 0.25) is 0 Å². The maximum Gasteiger partial charge on any atom is 0.258 e. The highest BCUT2D eigenvalue weighted by Gasteiger charge is 2.21. The molecular weight excluding hydrogens is 438 g/mol. The summed E-state index contributed by atoms with van der Waals surface area (Å²) in [6, 6.07) is 14.3. The van der Waals surface area contributed by atoms with E-state index >= 15 is 0 Å². The van der Waals surface area contributed by atoms with Gasteiger partial charge >= 0.3 is 0 Å². The number of benzene rings is 2. The predicted octanol–water partition coefficient (Wildman–Crippen LogP) is 4.45. The normalized spacial score (nSPS) is 14.4. The Labute approximate surface area is 178 Å². The lowest BCUT2D eigenvalue weighted by Gasteiger charge is -2.30. The van der Waals surface area contributed by atoms with Crippen molar-refractivity contribution in [1.82, 2.24) is 10.2 Å². The van der Waals surface area contributed by atoms with Gasteiger partial charge in [-0.05, 0) is 83.3 Å². The molecule has 0 spiro atoms. The topological polar surface area (TPSA) is 61.4 Å². The van der Waals surface area contributed by atoms with E-state index in [1.165, 1.54) is 0 Å². The Morgan fingerprint density at radius 3 is 2.36 bits per heavy atom. The van der Waals surface area contributed by atoms with Gasteiger partial charge in [-0.1, -0.05) is 19.1 Å². The minimum atomic E-state index is -0.295. The van der Waals surface area contributed by atoms with E-state index in [0.717, 1.165) is 25.9 Å². The molecule has 0 atom stereocenters. The number of carbonyl (C=O) groups excluding carboxylic acids is 2. The molecule has 2 N–H and O–H groups in total. The lowest BCUT2D eigenvalue weighted by atomic mass is 9.98. The zero-order chi connectivity index (χ0) is 20.1. The predicted molar refractivity (Wildman–Crippen MR) is 119 cm³/mol. The zero-order valence-electron chi connectivity index (χ0n) is 15.6. The Bertz CT molecular complexity index is 877. The third kappa shape index (κ3) is 5.17. The van der Waals surface area contributed by atoms with Crippen LogP contribution in [0.1, 0.15) is 40.5 Å². The van der Waals surface area contributed by atoms with E-state index < -0.39 is 0 Å². The van der Waals surface area contributed by atoms with Gasteiger partial charge in [0.05, 0.1) is 5.56 Å². The summed E-state index contributed by atoms with van der Waals surface area (Å²) < 4.78 is 0.699. The van der Waals surface area contributed by atoms with Gasteiger partial charge in [-0.3, -0.25) is 14.9 Å². The molecule has 1 fully saturated rings. The number of likely N-dealkylation sites (tertiary alicyclic amines) is 1. The smallest absolute Gasteiger partial charge is 0.258 e. The summed E-state index contributed by atoms with van der Waals surface area (Å²) in [5.74, 6) is 0.447. The molecule has 0 aliphatic carbocycles. The van der Waals surface area contributed by atoms with E-state index in [2.05, 4.69) is 33.5 Å². The van der Waals surface area contributed by atoms with E-state index in [9.17, 15) is 9.59 Å². The Morgan fingerprint density at radius 1 is 1.07 bits per heavy atom. The van der Waals surface area contributed by atoms with Crippen molar-refractivity contribution in [1.29, 1.82) is 0 Å². The SMILES string of the molecule is CC1CCN(C(=O)c2ccc(NC(=S)NC(=O)c3ccccc3Br)cc2)CC1. The number of piperidine rings is 1. The lowest BCUT2D eigenvalue weighted by molar-refractivity contribution is 0.0697. The van der Waals surface area contributed by atoms with Crippen LogP contribution in [0, 0.1) is 5.92 Å². The molecule has 2 aromatic carbocycles. The van der Waals surface area contributed by atoms with Gasteiger partial charge in [0.15, 0.2) is 5.11 Å². The zero-order valence-corrected chi connectivity index (χ0v) is 18.0. The molecule has 1 aliphatic rings. The monoisotopic (exact) mass is 459 g/mol. The van der Waals surface area contributed by atoms with Crippen LogP contribution < -0.4 is 10.6 Å². The molecule has 2 amide bonds. The largest absolute Gasteiger partial charge is 0.339 e. The van der Waals surface area contributed by atoms with Gasteiger partial charge in [-0.2, -0.15) is 0 Å². The first kappa shape index (κ1) is 20.5. The second-order valence-electron chi connectivity index (χ2n) is 6.94. The number of hydrogen-bond donors (Lipinski definition) is 2. The average Bonchev–Trinajstić information content (AvgIpc) is 2.69. The lowest BCUT2D eigenvalue weighted by Crippen LogP contribution is -2.37. The fourth-order valence-electron chi connectivity index (χ4n) is 3.07. The minimum Gasteiger partial charge on any atom is -0.339 e. The molecule has 3 rings (SSSR count). The number of thiocarbonyl (C=S) groups is 1. The molecule has 5 nitrogen and oxygen atoms in total. The van der Waals surface area contributed by atoms with Crippen molar-refractivity contribution >= 4 is 50.8 Å². The van der Waals surface area contributed by atoms with Crippen LogP contribution in [0.2, 0.25) is 0 Å². The minimum absolute atomic E-state index is 0.0586. The second-order valence-corrected chi connectivity index (χ2v) is 8.20. The van der Waals surface area contributed by atoms with Crippen molar-refractivity contribution in [3.63, 3.8) is 0 Å². The van der Waals surface area contributed by atoms with Crippen molar-refractivity contribution in [2.24, 2.45) is 5.92 Å². The summed E-state index contributed by atoms with van der Waals surface area (Å²) in [6.45, 7) is 3.84. The number of amides is 2. The molecular formula is C21H22BrN3O2S. The van der Waals surface area contributed by atoms with E-state index in [1.807, 2.05) is 11.0 Å². The van der Waals surface area contributed by atoms with Crippen LogP contribution in [0.15, 0.2) is 53.0 Å². The highest BCUT2D eigenvalue weighted by atomic mass is 79.9. The molecule has 0 radical (unpaired) electrons. The number of rotatable bonds is 3. The van der Waals surface area contributed by atoms with Crippen molar-refractivity contribution in [3.8, 4) is 0 Å². The molecule has 28 heavy (non-hydrogen) atoms. The van der Waals surface area contributed by atoms with E-state index in [0.29, 0.717) is 27.2 Å². The van der Waals surface area contributed by atoms with Gasteiger partial charge in [-0.15, -0.1) is 0 Å². The quantitative estimate of drug-likeness (QED) is 0.665. The van der Waals surface area contributed by atoms with Crippen LogP contribution in [-0.4, -0.2) is 34.9 Å². The van der Waals surface area contributed by atoms with Crippen molar-refractivity contribution in [2.45, 2.75) is 19.8 Å². The molecule has 0 aromatic heterocycles. The molecule has 1 heterocycles. The van der Waals surface area contributed by atoms with Gasteiger partial charge in [0.1, 0.15) is 0 Å².